The lowest BCUT2D eigenvalue weighted by atomic mass is 10.1. The Bertz CT molecular complexity index is 344. The van der Waals surface area contributed by atoms with Gasteiger partial charge in [-0.25, -0.2) is 0 Å². The second kappa shape index (κ2) is 6.41. The first-order chi connectivity index (χ1) is 9.78. The quantitative estimate of drug-likeness (QED) is 0.816. The van der Waals surface area contributed by atoms with Gasteiger partial charge in [-0.3, -0.25) is 9.69 Å². The molecule has 20 heavy (non-hydrogen) atoms. The van der Waals surface area contributed by atoms with Crippen molar-refractivity contribution >= 4 is 5.91 Å². The minimum Gasteiger partial charge on any atom is -0.365 e. The van der Waals surface area contributed by atoms with Gasteiger partial charge >= 0.3 is 0 Å². The van der Waals surface area contributed by atoms with Crippen molar-refractivity contribution in [2.45, 2.75) is 50.9 Å². The number of piperazine rings is 1. The number of hydrogen-bond donors (Lipinski definition) is 1. The lowest BCUT2D eigenvalue weighted by Gasteiger charge is -2.32. The van der Waals surface area contributed by atoms with E-state index in [1.165, 1.54) is 0 Å². The summed E-state index contributed by atoms with van der Waals surface area (Å²) in [4.78, 5) is 17.1. The van der Waals surface area contributed by atoms with E-state index in [2.05, 4.69) is 17.1 Å². The zero-order chi connectivity index (χ0) is 13.9. The van der Waals surface area contributed by atoms with E-state index in [4.69, 9.17) is 4.74 Å². The largest absolute Gasteiger partial charge is 0.365 e. The van der Waals surface area contributed by atoms with Crippen LogP contribution >= 0.6 is 0 Å². The summed E-state index contributed by atoms with van der Waals surface area (Å²) in [7, 11) is 0. The molecule has 1 amide bonds. The number of likely N-dealkylation sites (tertiary alicyclic amines) is 1. The van der Waals surface area contributed by atoms with Gasteiger partial charge in [0.1, 0.15) is 6.10 Å². The summed E-state index contributed by atoms with van der Waals surface area (Å²) < 4.78 is 5.85. The van der Waals surface area contributed by atoms with E-state index in [0.29, 0.717) is 12.1 Å². The SMILES string of the molecule is CCC1CCC(C(=O)N2CCC(N3CCNCC3)C2)O1. The van der Waals surface area contributed by atoms with Crippen LogP contribution in [0, 0.1) is 0 Å². The molecule has 0 aromatic heterocycles. The molecule has 3 rings (SSSR count). The van der Waals surface area contributed by atoms with Crippen LogP contribution in [0.2, 0.25) is 0 Å². The van der Waals surface area contributed by atoms with E-state index >= 15 is 0 Å². The molecule has 3 unspecified atom stereocenters. The molecule has 3 atom stereocenters. The molecule has 0 aliphatic carbocycles. The second-order valence-electron chi connectivity index (χ2n) is 6.25. The van der Waals surface area contributed by atoms with Crippen LogP contribution in [0.3, 0.4) is 0 Å². The third-order valence-electron chi connectivity index (χ3n) is 4.98. The number of hydrogen-bond acceptors (Lipinski definition) is 4. The van der Waals surface area contributed by atoms with Crippen LogP contribution in [0.4, 0.5) is 0 Å². The van der Waals surface area contributed by atoms with E-state index in [1.54, 1.807) is 0 Å². The lowest BCUT2D eigenvalue weighted by molar-refractivity contribution is -0.142. The van der Waals surface area contributed by atoms with Crippen LogP contribution in [-0.2, 0) is 9.53 Å². The predicted octanol–water partition coefficient (Wildman–Crippen LogP) is 0.450. The Morgan fingerprint density at radius 2 is 2.00 bits per heavy atom. The topological polar surface area (TPSA) is 44.8 Å². The third kappa shape index (κ3) is 3.00. The zero-order valence-corrected chi connectivity index (χ0v) is 12.5. The summed E-state index contributed by atoms with van der Waals surface area (Å²) in [6, 6.07) is 0.560. The van der Waals surface area contributed by atoms with Crippen molar-refractivity contribution in [2.24, 2.45) is 0 Å². The predicted molar refractivity (Wildman–Crippen MR) is 77.6 cm³/mol. The first-order valence-corrected chi connectivity index (χ1v) is 8.17. The van der Waals surface area contributed by atoms with Gasteiger partial charge in [0.05, 0.1) is 6.10 Å². The number of carbonyl (C=O) groups is 1. The van der Waals surface area contributed by atoms with Crippen molar-refractivity contribution in [3.05, 3.63) is 0 Å². The molecule has 0 bridgehead atoms. The Morgan fingerprint density at radius 3 is 2.70 bits per heavy atom. The molecule has 3 aliphatic heterocycles. The second-order valence-corrected chi connectivity index (χ2v) is 6.25. The fourth-order valence-corrected chi connectivity index (χ4v) is 3.68. The van der Waals surface area contributed by atoms with E-state index in [9.17, 15) is 4.79 Å². The molecule has 0 aromatic rings. The summed E-state index contributed by atoms with van der Waals surface area (Å²) in [5, 5.41) is 3.39. The van der Waals surface area contributed by atoms with Gasteiger partial charge in [0.2, 0.25) is 0 Å². The lowest BCUT2D eigenvalue weighted by Crippen LogP contribution is -2.49. The standard InChI is InChI=1S/C15H27N3O2/c1-2-13-3-4-14(20-13)15(19)18-8-5-12(11-18)17-9-6-16-7-10-17/h12-14,16H,2-11H2,1H3. The van der Waals surface area contributed by atoms with Crippen LogP contribution < -0.4 is 5.32 Å². The summed E-state index contributed by atoms with van der Waals surface area (Å²) >= 11 is 0. The normalized spacial score (nSPS) is 35.6. The molecule has 5 nitrogen and oxygen atoms in total. The number of nitrogens with zero attached hydrogens (tertiary/aromatic N) is 2. The molecular formula is C15H27N3O2. The molecule has 1 N–H and O–H groups in total. The Hall–Kier alpha value is -0.650. The molecule has 0 aromatic carbocycles. The third-order valence-corrected chi connectivity index (χ3v) is 4.98. The zero-order valence-electron chi connectivity index (χ0n) is 12.5. The molecule has 3 fully saturated rings. The number of rotatable bonds is 3. The van der Waals surface area contributed by atoms with Crippen molar-refractivity contribution in [1.29, 1.82) is 0 Å². The number of ether oxygens (including phenoxy) is 1. The summed E-state index contributed by atoms with van der Waals surface area (Å²) in [5.74, 6) is 0.235. The fraction of sp³-hybridized carbons (Fsp3) is 0.933. The Kier molecular flexibility index (Phi) is 4.58. The molecule has 0 radical (unpaired) electrons. The highest BCUT2D eigenvalue weighted by Gasteiger charge is 2.37. The molecule has 0 spiro atoms. The molecule has 0 saturated carbocycles. The molecule has 3 saturated heterocycles. The van der Waals surface area contributed by atoms with Gasteiger partial charge < -0.3 is 15.0 Å². The van der Waals surface area contributed by atoms with E-state index < -0.39 is 0 Å². The van der Waals surface area contributed by atoms with Crippen LogP contribution in [0.5, 0.6) is 0 Å². The van der Waals surface area contributed by atoms with Gasteiger partial charge in [-0.15, -0.1) is 0 Å². The Labute approximate surface area is 121 Å². The molecule has 114 valence electrons. The van der Waals surface area contributed by atoms with Gasteiger partial charge in [-0.05, 0) is 25.7 Å². The smallest absolute Gasteiger partial charge is 0.251 e. The first-order valence-electron chi connectivity index (χ1n) is 8.17. The Balaban J connectivity index is 1.50. The Morgan fingerprint density at radius 1 is 1.20 bits per heavy atom. The highest BCUT2D eigenvalue weighted by molar-refractivity contribution is 5.81. The van der Waals surface area contributed by atoms with E-state index in [-0.39, 0.29) is 12.0 Å². The van der Waals surface area contributed by atoms with E-state index in [0.717, 1.165) is 65.0 Å². The van der Waals surface area contributed by atoms with Crippen molar-refractivity contribution in [1.82, 2.24) is 15.1 Å². The van der Waals surface area contributed by atoms with Crippen molar-refractivity contribution in [2.75, 3.05) is 39.3 Å². The monoisotopic (exact) mass is 281 g/mol. The fourth-order valence-electron chi connectivity index (χ4n) is 3.68. The van der Waals surface area contributed by atoms with Gasteiger partial charge in [0, 0.05) is 45.3 Å². The maximum absolute atomic E-state index is 12.5. The number of carbonyl (C=O) groups excluding carboxylic acids is 1. The average molecular weight is 281 g/mol. The van der Waals surface area contributed by atoms with Gasteiger partial charge in [-0.1, -0.05) is 6.92 Å². The minimum atomic E-state index is -0.165. The highest BCUT2D eigenvalue weighted by Crippen LogP contribution is 2.25. The van der Waals surface area contributed by atoms with Crippen molar-refractivity contribution in [3.63, 3.8) is 0 Å². The highest BCUT2D eigenvalue weighted by atomic mass is 16.5. The minimum absolute atomic E-state index is 0.165. The summed E-state index contributed by atoms with van der Waals surface area (Å²) in [6.07, 6.45) is 4.23. The maximum Gasteiger partial charge on any atom is 0.251 e. The summed E-state index contributed by atoms with van der Waals surface area (Å²) in [6.45, 7) is 8.32. The molecule has 3 heterocycles. The molecular weight excluding hydrogens is 254 g/mol. The number of nitrogens with one attached hydrogen (secondary N) is 1. The summed E-state index contributed by atoms with van der Waals surface area (Å²) in [5.41, 5.74) is 0. The first kappa shape index (κ1) is 14.3. The van der Waals surface area contributed by atoms with Crippen LogP contribution in [0.1, 0.15) is 32.6 Å². The molecule has 5 heteroatoms. The molecule has 3 aliphatic rings. The number of amides is 1. The van der Waals surface area contributed by atoms with Crippen LogP contribution in [-0.4, -0.2) is 73.2 Å². The maximum atomic E-state index is 12.5. The van der Waals surface area contributed by atoms with Gasteiger partial charge in [0.15, 0.2) is 0 Å². The van der Waals surface area contributed by atoms with Crippen molar-refractivity contribution < 1.29 is 9.53 Å². The van der Waals surface area contributed by atoms with E-state index in [1.807, 2.05) is 4.90 Å². The van der Waals surface area contributed by atoms with Crippen LogP contribution in [0.15, 0.2) is 0 Å². The van der Waals surface area contributed by atoms with Crippen molar-refractivity contribution in [3.8, 4) is 0 Å². The van der Waals surface area contributed by atoms with Gasteiger partial charge in [0.25, 0.3) is 5.91 Å². The van der Waals surface area contributed by atoms with Gasteiger partial charge in [-0.2, -0.15) is 0 Å². The van der Waals surface area contributed by atoms with Crippen LogP contribution in [0.25, 0.3) is 0 Å². The average Bonchev–Trinajstić information content (AvgIpc) is 3.17.